The van der Waals surface area contributed by atoms with Gasteiger partial charge in [0.2, 0.25) is 5.69 Å². The van der Waals surface area contributed by atoms with Crippen molar-refractivity contribution in [3.05, 3.63) is 50.7 Å². The fourth-order valence-electron chi connectivity index (χ4n) is 3.48. The molecule has 1 aliphatic carbocycles. The molecule has 0 N–H and O–H groups in total. The van der Waals surface area contributed by atoms with Crippen LogP contribution in [-0.2, 0) is 6.42 Å². The molecule has 0 radical (unpaired) electrons. The minimum Gasteiger partial charge on any atom is -0.293 e. The van der Waals surface area contributed by atoms with Crippen LogP contribution in [0.3, 0.4) is 0 Å². The number of nitrogens with zero attached hydrogens (tertiary/aromatic N) is 3. The van der Waals surface area contributed by atoms with E-state index in [1.807, 2.05) is 0 Å². The van der Waals surface area contributed by atoms with Crippen molar-refractivity contribution in [1.82, 2.24) is 9.97 Å². The number of carbonyl (C=O) groups is 1. The third-order valence-corrected chi connectivity index (χ3v) is 5.75. The number of thiazole rings is 1. The molecule has 25 heavy (non-hydrogen) atoms. The minimum atomic E-state index is -0.474. The van der Waals surface area contributed by atoms with Gasteiger partial charge in [-0.1, -0.05) is 24.4 Å². The molecule has 0 aliphatic heterocycles. The van der Waals surface area contributed by atoms with Crippen molar-refractivity contribution in [1.29, 1.82) is 0 Å². The van der Waals surface area contributed by atoms with E-state index in [0.717, 1.165) is 31.7 Å². The summed E-state index contributed by atoms with van der Waals surface area (Å²) < 4.78 is 14.1. The third-order valence-electron chi connectivity index (χ3n) is 4.66. The summed E-state index contributed by atoms with van der Waals surface area (Å²) in [5.41, 5.74) is 2.03. The Morgan fingerprint density at radius 1 is 1.44 bits per heavy atom. The Hall–Kier alpha value is -1.84. The standard InChI is InChI=1S/C18H17ClFN3OS/c1-21-15-8-13(20)14(23-18(15)19)6-11-3-2-4-12(5-11)7-16(24)17-9-22-10-25-17/h8-12H,2-7H2/t11-,12+/m1/s1. The fourth-order valence-corrected chi connectivity index (χ4v) is 4.25. The van der Waals surface area contributed by atoms with Crippen molar-refractivity contribution >= 4 is 34.4 Å². The Balaban J connectivity index is 1.63. The van der Waals surface area contributed by atoms with Crippen LogP contribution in [0.1, 0.15) is 47.5 Å². The number of hydrogen-bond donors (Lipinski definition) is 0. The first-order valence-electron chi connectivity index (χ1n) is 8.21. The molecule has 0 aromatic carbocycles. The minimum absolute atomic E-state index is 0.0413. The molecule has 7 heteroatoms. The highest BCUT2D eigenvalue weighted by Gasteiger charge is 2.26. The second-order valence-electron chi connectivity index (χ2n) is 6.43. The summed E-state index contributed by atoms with van der Waals surface area (Å²) in [5, 5.41) is 0.0548. The van der Waals surface area contributed by atoms with Crippen LogP contribution >= 0.6 is 22.9 Å². The van der Waals surface area contributed by atoms with Crippen molar-refractivity contribution in [2.24, 2.45) is 11.8 Å². The lowest BCUT2D eigenvalue weighted by Crippen LogP contribution is -2.20. The van der Waals surface area contributed by atoms with Gasteiger partial charge in [0.1, 0.15) is 11.0 Å². The number of ketones is 1. The van der Waals surface area contributed by atoms with Gasteiger partial charge >= 0.3 is 0 Å². The summed E-state index contributed by atoms with van der Waals surface area (Å²) in [4.78, 5) is 24.1. The van der Waals surface area contributed by atoms with Crippen LogP contribution in [0.25, 0.3) is 4.85 Å². The number of Topliss-reactive ketones (excluding diaryl/α,β-unsaturated/α-hetero) is 1. The third kappa shape index (κ3) is 4.42. The predicted octanol–water partition coefficient (Wildman–Crippen LogP) is 5.50. The molecule has 2 atom stereocenters. The quantitative estimate of drug-likeness (QED) is 0.392. The molecular formula is C18H17ClFN3OS. The maximum Gasteiger partial charge on any atom is 0.226 e. The molecule has 0 unspecified atom stereocenters. The van der Waals surface area contributed by atoms with E-state index in [9.17, 15) is 9.18 Å². The lowest BCUT2D eigenvalue weighted by molar-refractivity contribution is 0.0943. The largest absolute Gasteiger partial charge is 0.293 e. The van der Waals surface area contributed by atoms with E-state index in [1.165, 1.54) is 11.3 Å². The van der Waals surface area contributed by atoms with E-state index in [4.69, 9.17) is 18.2 Å². The van der Waals surface area contributed by atoms with E-state index >= 15 is 0 Å². The van der Waals surface area contributed by atoms with Gasteiger partial charge in [0.05, 0.1) is 22.7 Å². The lowest BCUT2D eigenvalue weighted by Gasteiger charge is -2.28. The first-order valence-corrected chi connectivity index (χ1v) is 9.46. The smallest absolute Gasteiger partial charge is 0.226 e. The van der Waals surface area contributed by atoms with Gasteiger partial charge in [0, 0.05) is 12.6 Å². The van der Waals surface area contributed by atoms with Crippen molar-refractivity contribution in [2.45, 2.75) is 38.5 Å². The van der Waals surface area contributed by atoms with Crippen LogP contribution in [-0.4, -0.2) is 15.8 Å². The average molecular weight is 378 g/mol. The lowest BCUT2D eigenvalue weighted by atomic mass is 9.77. The van der Waals surface area contributed by atoms with E-state index in [1.54, 1.807) is 11.7 Å². The molecule has 0 amide bonds. The maximum atomic E-state index is 14.1. The molecule has 2 aromatic heterocycles. The SMILES string of the molecule is [C-]#[N+]c1cc(F)c(C[C@@H]2CCC[C@H](CC(=O)c3cncs3)C2)nc1Cl. The summed E-state index contributed by atoms with van der Waals surface area (Å²) >= 11 is 7.30. The number of aromatic nitrogens is 2. The maximum absolute atomic E-state index is 14.1. The first kappa shape index (κ1) is 18.0. The number of carbonyl (C=O) groups excluding carboxylic acids is 1. The van der Waals surface area contributed by atoms with Crippen molar-refractivity contribution in [3.63, 3.8) is 0 Å². The van der Waals surface area contributed by atoms with Crippen LogP contribution in [0.15, 0.2) is 17.8 Å². The zero-order valence-corrected chi connectivity index (χ0v) is 15.1. The van der Waals surface area contributed by atoms with Gasteiger partial charge in [-0.2, -0.15) is 0 Å². The van der Waals surface area contributed by atoms with Crippen LogP contribution < -0.4 is 0 Å². The van der Waals surface area contributed by atoms with E-state index in [2.05, 4.69) is 14.8 Å². The van der Waals surface area contributed by atoms with Crippen molar-refractivity contribution < 1.29 is 9.18 Å². The Labute approximate surface area is 154 Å². The molecule has 0 spiro atoms. The highest BCUT2D eigenvalue weighted by molar-refractivity contribution is 7.11. The monoisotopic (exact) mass is 377 g/mol. The molecule has 0 saturated heterocycles. The van der Waals surface area contributed by atoms with E-state index < -0.39 is 5.82 Å². The molecular weight excluding hydrogens is 361 g/mol. The van der Waals surface area contributed by atoms with Gasteiger partial charge in [0.25, 0.3) is 0 Å². The Kier molecular flexibility index (Phi) is 5.77. The molecule has 130 valence electrons. The zero-order chi connectivity index (χ0) is 17.8. The van der Waals surface area contributed by atoms with Crippen molar-refractivity contribution in [3.8, 4) is 0 Å². The van der Waals surface area contributed by atoms with Gasteiger partial charge in [-0.3, -0.25) is 9.78 Å². The Morgan fingerprint density at radius 3 is 2.96 bits per heavy atom. The molecule has 2 aromatic rings. The first-order chi connectivity index (χ1) is 12.1. The normalized spacial score (nSPS) is 20.2. The number of rotatable bonds is 5. The zero-order valence-electron chi connectivity index (χ0n) is 13.5. The van der Waals surface area contributed by atoms with Crippen LogP contribution in [0.5, 0.6) is 0 Å². The van der Waals surface area contributed by atoms with Crippen LogP contribution in [0, 0.1) is 24.2 Å². The molecule has 3 rings (SSSR count). The van der Waals surface area contributed by atoms with Gasteiger partial charge in [-0.05, 0) is 37.2 Å². The summed E-state index contributed by atoms with van der Waals surface area (Å²) in [5.74, 6) is 0.263. The molecule has 1 fully saturated rings. The highest BCUT2D eigenvalue weighted by atomic mass is 35.5. The summed E-state index contributed by atoms with van der Waals surface area (Å²) in [6, 6.07) is 1.16. The fraction of sp³-hybridized carbons (Fsp3) is 0.444. The van der Waals surface area contributed by atoms with Gasteiger partial charge in [0.15, 0.2) is 5.78 Å². The van der Waals surface area contributed by atoms with Crippen molar-refractivity contribution in [2.75, 3.05) is 0 Å². The van der Waals surface area contributed by atoms with E-state index in [-0.39, 0.29) is 22.5 Å². The molecule has 1 saturated carbocycles. The second kappa shape index (κ2) is 8.03. The Bertz CT molecular complexity index is 803. The second-order valence-corrected chi connectivity index (χ2v) is 7.68. The molecule has 1 aliphatic rings. The summed E-state index contributed by atoms with van der Waals surface area (Å²) in [6.45, 7) is 6.95. The van der Waals surface area contributed by atoms with Gasteiger partial charge < -0.3 is 0 Å². The van der Waals surface area contributed by atoms with Gasteiger partial charge in [-0.15, -0.1) is 11.3 Å². The van der Waals surface area contributed by atoms with E-state index in [0.29, 0.717) is 29.3 Å². The van der Waals surface area contributed by atoms with Crippen LogP contribution in [0.2, 0.25) is 5.15 Å². The molecule has 2 heterocycles. The topological polar surface area (TPSA) is 47.2 Å². The number of pyridine rings is 1. The average Bonchev–Trinajstić information content (AvgIpc) is 3.13. The van der Waals surface area contributed by atoms with Gasteiger partial charge in [-0.25, -0.2) is 14.2 Å². The predicted molar refractivity (Wildman–Crippen MR) is 95.7 cm³/mol. The molecule has 4 nitrogen and oxygen atoms in total. The molecule has 0 bridgehead atoms. The number of hydrogen-bond acceptors (Lipinski definition) is 4. The van der Waals surface area contributed by atoms with Crippen LogP contribution in [0.4, 0.5) is 10.1 Å². The summed E-state index contributed by atoms with van der Waals surface area (Å²) in [6.07, 6.45) is 6.56. The Morgan fingerprint density at radius 2 is 2.24 bits per heavy atom. The summed E-state index contributed by atoms with van der Waals surface area (Å²) in [7, 11) is 0. The number of halogens is 2. The highest BCUT2D eigenvalue weighted by Crippen LogP contribution is 2.35.